The van der Waals surface area contributed by atoms with Crippen LogP contribution in [0.5, 0.6) is 0 Å². The molecule has 0 bridgehead atoms. The molecule has 4 aromatic rings. The number of aromatic nitrogens is 4. The van der Waals surface area contributed by atoms with Gasteiger partial charge in [0.05, 0.1) is 17.2 Å². The molecule has 166 valence electrons. The molecule has 2 aromatic carbocycles. The molecule has 2 aromatic heterocycles. The molecule has 2 heterocycles. The molecule has 4 rings (SSSR count). The van der Waals surface area contributed by atoms with Crippen LogP contribution in [0.25, 0.3) is 11.0 Å². The highest BCUT2D eigenvalue weighted by atomic mass is 32.2. The molecular formula is C23H26N6O2S. The van der Waals surface area contributed by atoms with E-state index in [0.29, 0.717) is 23.4 Å². The van der Waals surface area contributed by atoms with Crippen molar-refractivity contribution in [3.63, 3.8) is 0 Å². The number of hydrogen-bond donors (Lipinski definition) is 1. The topological polar surface area (TPSA) is 93.0 Å². The molecule has 0 aliphatic rings. The number of fused-ring (bicyclic) bond motifs is 1. The molecule has 0 aliphatic carbocycles. The maximum absolute atomic E-state index is 13.0. The van der Waals surface area contributed by atoms with Gasteiger partial charge in [-0.05, 0) is 24.1 Å². The summed E-state index contributed by atoms with van der Waals surface area (Å²) in [6, 6.07) is 17.5. The summed E-state index contributed by atoms with van der Waals surface area (Å²) < 4.78 is 30.2. The monoisotopic (exact) mass is 450 g/mol. The molecule has 32 heavy (non-hydrogen) atoms. The van der Waals surface area contributed by atoms with Crippen LogP contribution in [0.15, 0.2) is 71.9 Å². The van der Waals surface area contributed by atoms with Crippen molar-refractivity contribution in [2.75, 3.05) is 16.2 Å². The van der Waals surface area contributed by atoms with Crippen molar-refractivity contribution in [2.24, 2.45) is 7.05 Å². The number of anilines is 2. The van der Waals surface area contributed by atoms with Crippen LogP contribution in [-0.2, 0) is 23.6 Å². The summed E-state index contributed by atoms with van der Waals surface area (Å²) in [6.45, 7) is 3.44. The molecule has 0 aliphatic heterocycles. The van der Waals surface area contributed by atoms with Crippen LogP contribution in [0, 0.1) is 0 Å². The van der Waals surface area contributed by atoms with Crippen LogP contribution >= 0.6 is 0 Å². The number of sulfonamides is 1. The number of aryl methyl sites for hydroxylation is 1. The van der Waals surface area contributed by atoms with E-state index in [2.05, 4.69) is 26.6 Å². The third-order valence-corrected chi connectivity index (χ3v) is 6.37. The molecule has 0 saturated heterocycles. The summed E-state index contributed by atoms with van der Waals surface area (Å²) in [5.41, 5.74) is 2.44. The third kappa shape index (κ3) is 4.88. The first-order chi connectivity index (χ1) is 15.5. The highest BCUT2D eigenvalue weighted by molar-refractivity contribution is 7.92. The standard InChI is InChI=1S/C23H26N6O2S/c1-3-4-14-29(16-18-10-6-5-7-11-18)23-22(25-20-12-8-9-13-21(20)26-23)27-32(30,31)19-15-24-28(2)17-19/h5-13,15,17H,3-4,14,16H2,1-2H3,(H,25,27). The molecule has 0 amide bonds. The van der Waals surface area contributed by atoms with Gasteiger partial charge in [-0.25, -0.2) is 18.4 Å². The van der Waals surface area contributed by atoms with E-state index >= 15 is 0 Å². The van der Waals surface area contributed by atoms with Crippen molar-refractivity contribution in [3.8, 4) is 0 Å². The third-order valence-electron chi connectivity index (χ3n) is 5.07. The SMILES string of the molecule is CCCCN(Cc1ccccc1)c1nc2ccccc2nc1NS(=O)(=O)c1cnn(C)c1. The number of para-hydroxylation sites is 2. The lowest BCUT2D eigenvalue weighted by atomic mass is 10.2. The largest absolute Gasteiger partial charge is 0.349 e. The van der Waals surface area contributed by atoms with Gasteiger partial charge in [-0.15, -0.1) is 0 Å². The van der Waals surface area contributed by atoms with Gasteiger partial charge in [0.2, 0.25) is 0 Å². The van der Waals surface area contributed by atoms with Gasteiger partial charge in [-0.1, -0.05) is 55.8 Å². The lowest BCUT2D eigenvalue weighted by Crippen LogP contribution is -2.27. The molecule has 1 N–H and O–H groups in total. The fourth-order valence-electron chi connectivity index (χ4n) is 3.42. The van der Waals surface area contributed by atoms with Crippen molar-refractivity contribution >= 4 is 32.7 Å². The smallest absolute Gasteiger partial charge is 0.266 e. The Bertz CT molecular complexity index is 1300. The van der Waals surface area contributed by atoms with Crippen molar-refractivity contribution in [1.82, 2.24) is 19.7 Å². The molecular weight excluding hydrogens is 424 g/mol. The zero-order valence-corrected chi connectivity index (χ0v) is 19.0. The Kier molecular flexibility index (Phi) is 6.36. The van der Waals surface area contributed by atoms with E-state index in [1.165, 1.54) is 17.1 Å². The highest BCUT2D eigenvalue weighted by Crippen LogP contribution is 2.29. The van der Waals surface area contributed by atoms with E-state index in [-0.39, 0.29) is 10.7 Å². The summed E-state index contributed by atoms with van der Waals surface area (Å²) >= 11 is 0. The van der Waals surface area contributed by atoms with Crippen molar-refractivity contribution in [1.29, 1.82) is 0 Å². The van der Waals surface area contributed by atoms with Crippen LogP contribution in [-0.4, -0.2) is 34.7 Å². The quantitative estimate of drug-likeness (QED) is 0.415. The van der Waals surface area contributed by atoms with Gasteiger partial charge in [0.25, 0.3) is 10.0 Å². The molecule has 0 unspecified atom stereocenters. The normalized spacial score (nSPS) is 11.6. The van der Waals surface area contributed by atoms with E-state index in [1.807, 2.05) is 54.6 Å². The van der Waals surface area contributed by atoms with Crippen LogP contribution in [0.2, 0.25) is 0 Å². The zero-order chi connectivity index (χ0) is 22.6. The molecule has 9 heteroatoms. The number of nitrogens with one attached hydrogen (secondary N) is 1. The first-order valence-corrected chi connectivity index (χ1v) is 12.0. The summed E-state index contributed by atoms with van der Waals surface area (Å²) in [5, 5.41) is 3.98. The van der Waals surface area contributed by atoms with Gasteiger partial charge in [0, 0.05) is 26.3 Å². The maximum atomic E-state index is 13.0. The van der Waals surface area contributed by atoms with Gasteiger partial charge in [0.15, 0.2) is 11.6 Å². The van der Waals surface area contributed by atoms with Gasteiger partial charge in [-0.3, -0.25) is 9.40 Å². The number of nitrogens with zero attached hydrogens (tertiary/aromatic N) is 5. The molecule has 8 nitrogen and oxygen atoms in total. The van der Waals surface area contributed by atoms with Crippen LogP contribution < -0.4 is 9.62 Å². The van der Waals surface area contributed by atoms with Gasteiger partial charge < -0.3 is 4.90 Å². The van der Waals surface area contributed by atoms with E-state index in [9.17, 15) is 8.42 Å². The van der Waals surface area contributed by atoms with E-state index < -0.39 is 10.0 Å². The number of benzene rings is 2. The average Bonchev–Trinajstić information content (AvgIpc) is 3.24. The van der Waals surface area contributed by atoms with Gasteiger partial charge >= 0.3 is 0 Å². The fourth-order valence-corrected chi connectivity index (χ4v) is 4.40. The Morgan fingerprint density at radius 3 is 2.34 bits per heavy atom. The maximum Gasteiger partial charge on any atom is 0.266 e. The summed E-state index contributed by atoms with van der Waals surface area (Å²) in [6.07, 6.45) is 4.71. The second kappa shape index (κ2) is 9.35. The molecule has 0 fully saturated rings. The van der Waals surface area contributed by atoms with Crippen LogP contribution in [0.3, 0.4) is 0 Å². The van der Waals surface area contributed by atoms with E-state index in [1.54, 1.807) is 7.05 Å². The zero-order valence-electron chi connectivity index (χ0n) is 18.1. The van der Waals surface area contributed by atoms with Crippen molar-refractivity contribution in [2.45, 2.75) is 31.2 Å². The highest BCUT2D eigenvalue weighted by Gasteiger charge is 2.23. The first-order valence-electron chi connectivity index (χ1n) is 10.5. The Morgan fingerprint density at radius 1 is 1.00 bits per heavy atom. The minimum atomic E-state index is -3.87. The van der Waals surface area contributed by atoms with E-state index in [0.717, 1.165) is 24.9 Å². The van der Waals surface area contributed by atoms with E-state index in [4.69, 9.17) is 4.98 Å². The number of hydrogen-bond acceptors (Lipinski definition) is 6. The van der Waals surface area contributed by atoms with Crippen LogP contribution in [0.4, 0.5) is 11.6 Å². The minimum absolute atomic E-state index is 0.0732. The summed E-state index contributed by atoms with van der Waals surface area (Å²) in [7, 11) is -2.20. The number of rotatable bonds is 9. The first kappa shape index (κ1) is 21.8. The van der Waals surface area contributed by atoms with Gasteiger partial charge in [-0.2, -0.15) is 5.10 Å². The molecule has 0 spiro atoms. The molecule has 0 atom stereocenters. The lowest BCUT2D eigenvalue weighted by molar-refractivity contribution is 0.600. The van der Waals surface area contributed by atoms with Crippen molar-refractivity contribution < 1.29 is 8.42 Å². The molecule has 0 saturated carbocycles. The lowest BCUT2D eigenvalue weighted by Gasteiger charge is -2.26. The minimum Gasteiger partial charge on any atom is -0.349 e. The Balaban J connectivity index is 1.79. The Morgan fingerprint density at radius 2 is 1.69 bits per heavy atom. The fraction of sp³-hybridized carbons (Fsp3) is 0.261. The Hall–Kier alpha value is -3.46. The number of unbranched alkanes of at least 4 members (excludes halogenated alkanes) is 1. The van der Waals surface area contributed by atoms with Crippen molar-refractivity contribution in [3.05, 3.63) is 72.6 Å². The second-order valence-electron chi connectivity index (χ2n) is 7.60. The summed E-state index contributed by atoms with van der Waals surface area (Å²) in [5.74, 6) is 0.716. The molecule has 0 radical (unpaired) electrons. The predicted molar refractivity (Wildman–Crippen MR) is 126 cm³/mol. The average molecular weight is 451 g/mol. The Labute approximate surface area is 188 Å². The second-order valence-corrected chi connectivity index (χ2v) is 9.28. The predicted octanol–water partition coefficient (Wildman–Crippen LogP) is 3.97. The van der Waals surface area contributed by atoms with Crippen LogP contribution in [0.1, 0.15) is 25.3 Å². The van der Waals surface area contributed by atoms with Gasteiger partial charge in [0.1, 0.15) is 4.90 Å². The summed E-state index contributed by atoms with van der Waals surface area (Å²) in [4.78, 5) is 11.6.